The number of nitrogens with two attached hydrogens (primary N) is 1. The fraction of sp³-hybridized carbons (Fsp3) is 0.364. The van der Waals surface area contributed by atoms with Crippen LogP contribution in [0.15, 0.2) is 23.4 Å². The highest BCUT2D eigenvalue weighted by atomic mass is 35.5. The average Bonchev–Trinajstić information content (AvgIpc) is 2.34. The van der Waals surface area contributed by atoms with Crippen molar-refractivity contribution in [3.63, 3.8) is 0 Å². The molecule has 4 N–H and O–H groups in total. The van der Waals surface area contributed by atoms with Gasteiger partial charge in [-0.05, 0) is 24.6 Å². The Bertz CT molecular complexity index is 463. The van der Waals surface area contributed by atoms with E-state index >= 15 is 0 Å². The molecule has 0 saturated carbocycles. The van der Waals surface area contributed by atoms with E-state index in [9.17, 15) is 13.2 Å². The lowest BCUT2D eigenvalue weighted by molar-refractivity contribution is -0.137. The van der Waals surface area contributed by atoms with Crippen molar-refractivity contribution < 1.29 is 18.4 Å². The molecule has 0 radical (unpaired) electrons. The van der Waals surface area contributed by atoms with Crippen molar-refractivity contribution in [1.82, 2.24) is 0 Å². The molecule has 0 aliphatic carbocycles. The number of halogens is 4. The number of hydrogen-bond donors (Lipinski definition) is 3. The number of amidine groups is 1. The van der Waals surface area contributed by atoms with Crippen LogP contribution in [0.25, 0.3) is 0 Å². The summed E-state index contributed by atoms with van der Waals surface area (Å²) in [5, 5.41) is 13.6. The molecule has 4 nitrogen and oxygen atoms in total. The molecule has 0 aromatic heterocycles. The highest BCUT2D eigenvalue weighted by Gasteiger charge is 2.33. The number of nitrogens with one attached hydrogen (secondary N) is 1. The molecular formula is C11H13ClF3N3O. The molecule has 19 heavy (non-hydrogen) atoms. The highest BCUT2D eigenvalue weighted by molar-refractivity contribution is 6.31. The molecule has 0 aliphatic heterocycles. The van der Waals surface area contributed by atoms with Crippen LogP contribution < -0.4 is 11.1 Å². The molecule has 0 unspecified atom stereocenters. The lowest BCUT2D eigenvalue weighted by Gasteiger charge is -2.12. The lowest BCUT2D eigenvalue weighted by atomic mass is 10.2. The second kappa shape index (κ2) is 6.51. The largest absolute Gasteiger partial charge is 0.417 e. The van der Waals surface area contributed by atoms with Crippen LogP contribution in [0.3, 0.4) is 0 Å². The Hall–Kier alpha value is -1.63. The van der Waals surface area contributed by atoms with Crippen LogP contribution in [-0.4, -0.2) is 17.6 Å². The van der Waals surface area contributed by atoms with Gasteiger partial charge in [-0.15, -0.1) is 0 Å². The van der Waals surface area contributed by atoms with Gasteiger partial charge in [-0.2, -0.15) is 13.2 Å². The fourth-order valence-electron chi connectivity index (χ4n) is 1.40. The minimum Gasteiger partial charge on any atom is -0.409 e. The minimum absolute atomic E-state index is 0.0777. The number of nitrogens with zero attached hydrogens (tertiary/aromatic N) is 1. The SMILES string of the molecule is NC(CCCNc1ccc(Cl)c(C(F)(F)F)c1)=NO. The fourth-order valence-corrected chi connectivity index (χ4v) is 1.63. The van der Waals surface area contributed by atoms with Crippen molar-refractivity contribution in [2.24, 2.45) is 10.9 Å². The maximum Gasteiger partial charge on any atom is 0.417 e. The maximum absolute atomic E-state index is 12.6. The Kier molecular flexibility index (Phi) is 5.29. The van der Waals surface area contributed by atoms with Gasteiger partial charge in [0.25, 0.3) is 0 Å². The van der Waals surface area contributed by atoms with Gasteiger partial charge in [-0.25, -0.2) is 0 Å². The summed E-state index contributed by atoms with van der Waals surface area (Å²) < 4.78 is 37.8. The van der Waals surface area contributed by atoms with Gasteiger partial charge >= 0.3 is 6.18 Å². The molecule has 0 amide bonds. The first kappa shape index (κ1) is 15.4. The van der Waals surface area contributed by atoms with Crippen molar-refractivity contribution in [2.75, 3.05) is 11.9 Å². The Morgan fingerprint density at radius 3 is 2.68 bits per heavy atom. The number of alkyl halides is 3. The zero-order valence-electron chi connectivity index (χ0n) is 9.84. The molecular weight excluding hydrogens is 283 g/mol. The first-order valence-electron chi connectivity index (χ1n) is 5.41. The molecule has 1 aromatic carbocycles. The van der Waals surface area contributed by atoms with Crippen molar-refractivity contribution in [3.8, 4) is 0 Å². The molecule has 0 spiro atoms. The third kappa shape index (κ3) is 4.86. The quantitative estimate of drug-likeness (QED) is 0.257. The summed E-state index contributed by atoms with van der Waals surface area (Å²) in [6.07, 6.45) is -3.61. The van der Waals surface area contributed by atoms with Gasteiger partial charge < -0.3 is 16.3 Å². The van der Waals surface area contributed by atoms with E-state index in [1.165, 1.54) is 12.1 Å². The van der Waals surface area contributed by atoms with E-state index in [0.717, 1.165) is 6.07 Å². The van der Waals surface area contributed by atoms with E-state index in [-0.39, 0.29) is 10.9 Å². The van der Waals surface area contributed by atoms with Crippen LogP contribution in [0, 0.1) is 0 Å². The minimum atomic E-state index is -4.48. The van der Waals surface area contributed by atoms with E-state index in [2.05, 4.69) is 10.5 Å². The third-order valence-electron chi connectivity index (χ3n) is 2.34. The van der Waals surface area contributed by atoms with Gasteiger partial charge in [0, 0.05) is 18.7 Å². The van der Waals surface area contributed by atoms with Crippen molar-refractivity contribution in [3.05, 3.63) is 28.8 Å². The third-order valence-corrected chi connectivity index (χ3v) is 2.67. The number of hydrogen-bond acceptors (Lipinski definition) is 3. The molecule has 0 saturated heterocycles. The summed E-state index contributed by atoms with van der Waals surface area (Å²) in [7, 11) is 0. The molecule has 0 heterocycles. The number of anilines is 1. The predicted molar refractivity (Wildman–Crippen MR) is 67.6 cm³/mol. The first-order chi connectivity index (χ1) is 8.84. The molecule has 1 aromatic rings. The van der Waals surface area contributed by atoms with E-state index in [1.807, 2.05) is 0 Å². The average molecular weight is 296 g/mol. The summed E-state index contributed by atoms with van der Waals surface area (Å²) in [4.78, 5) is 0. The van der Waals surface area contributed by atoms with Gasteiger partial charge in [0.05, 0.1) is 10.6 Å². The predicted octanol–water partition coefficient (Wildman–Crippen LogP) is 3.30. The Balaban J connectivity index is 2.61. The van der Waals surface area contributed by atoms with E-state index in [1.54, 1.807) is 0 Å². The summed E-state index contributed by atoms with van der Waals surface area (Å²) in [5.41, 5.74) is 4.70. The summed E-state index contributed by atoms with van der Waals surface area (Å²) in [5.74, 6) is 0.0777. The van der Waals surface area contributed by atoms with E-state index < -0.39 is 11.7 Å². The molecule has 0 fully saturated rings. The summed E-state index contributed by atoms with van der Waals surface area (Å²) in [6.45, 7) is 0.398. The van der Waals surface area contributed by atoms with Crippen LogP contribution in [0.5, 0.6) is 0 Å². The Labute approximate surface area is 113 Å². The number of rotatable bonds is 5. The van der Waals surface area contributed by atoms with Crippen LogP contribution in [-0.2, 0) is 6.18 Å². The highest BCUT2D eigenvalue weighted by Crippen LogP contribution is 2.36. The molecule has 0 atom stereocenters. The summed E-state index contributed by atoms with van der Waals surface area (Å²) in [6, 6.07) is 3.60. The van der Waals surface area contributed by atoms with E-state index in [0.29, 0.717) is 25.1 Å². The number of benzene rings is 1. The second-order valence-corrected chi connectivity index (χ2v) is 4.22. The molecule has 106 valence electrons. The molecule has 0 aliphatic rings. The summed E-state index contributed by atoms with van der Waals surface area (Å²) >= 11 is 5.49. The van der Waals surface area contributed by atoms with Crippen molar-refractivity contribution in [1.29, 1.82) is 0 Å². The van der Waals surface area contributed by atoms with Crippen molar-refractivity contribution >= 4 is 23.1 Å². The van der Waals surface area contributed by atoms with Gasteiger partial charge in [0.2, 0.25) is 0 Å². The Morgan fingerprint density at radius 2 is 2.11 bits per heavy atom. The van der Waals surface area contributed by atoms with Crippen LogP contribution >= 0.6 is 11.6 Å². The van der Waals surface area contributed by atoms with Crippen molar-refractivity contribution in [2.45, 2.75) is 19.0 Å². The normalized spacial score (nSPS) is 12.5. The maximum atomic E-state index is 12.6. The zero-order chi connectivity index (χ0) is 14.5. The monoisotopic (exact) mass is 295 g/mol. The van der Waals surface area contributed by atoms with Gasteiger partial charge in [-0.1, -0.05) is 16.8 Å². The molecule has 0 bridgehead atoms. The standard InChI is InChI=1S/C11H13ClF3N3O/c12-9-4-3-7(6-8(9)11(13,14)15)17-5-1-2-10(16)18-19/h3-4,6,17,19H,1-2,5H2,(H2,16,18). The first-order valence-corrected chi connectivity index (χ1v) is 5.79. The Morgan fingerprint density at radius 1 is 1.42 bits per heavy atom. The van der Waals surface area contributed by atoms with Gasteiger partial charge in [0.15, 0.2) is 0 Å². The zero-order valence-corrected chi connectivity index (χ0v) is 10.6. The number of oxime groups is 1. The van der Waals surface area contributed by atoms with Crippen LogP contribution in [0.4, 0.5) is 18.9 Å². The topological polar surface area (TPSA) is 70.6 Å². The molecule has 8 heteroatoms. The second-order valence-electron chi connectivity index (χ2n) is 3.81. The molecule has 1 rings (SSSR count). The smallest absolute Gasteiger partial charge is 0.409 e. The van der Waals surface area contributed by atoms with Gasteiger partial charge in [0.1, 0.15) is 5.84 Å². The lowest BCUT2D eigenvalue weighted by Crippen LogP contribution is -2.13. The van der Waals surface area contributed by atoms with Crippen LogP contribution in [0.2, 0.25) is 5.02 Å². The van der Waals surface area contributed by atoms with E-state index in [4.69, 9.17) is 22.5 Å². The van der Waals surface area contributed by atoms with Gasteiger partial charge in [-0.3, -0.25) is 0 Å². The van der Waals surface area contributed by atoms with Crippen LogP contribution in [0.1, 0.15) is 18.4 Å².